The highest BCUT2D eigenvalue weighted by Gasteiger charge is 2.37. The Morgan fingerprint density at radius 2 is 1.95 bits per heavy atom. The van der Waals surface area contributed by atoms with Gasteiger partial charge in [0.2, 0.25) is 0 Å². The predicted molar refractivity (Wildman–Crippen MR) is 68.9 cm³/mol. The molecule has 1 atom stereocenters. The van der Waals surface area contributed by atoms with Gasteiger partial charge in [-0.05, 0) is 32.1 Å². The monoisotopic (exact) mass is 279 g/mol. The van der Waals surface area contributed by atoms with Crippen LogP contribution in [-0.2, 0) is 4.79 Å². The van der Waals surface area contributed by atoms with E-state index in [0.29, 0.717) is 12.8 Å². The Kier molecular flexibility index (Phi) is 5.04. The van der Waals surface area contributed by atoms with Gasteiger partial charge < -0.3 is 0 Å². The molecule has 1 rings (SSSR count). The Balaban J connectivity index is 2.70. The number of alkyl halides is 3. The second kappa shape index (κ2) is 5.81. The first-order chi connectivity index (χ1) is 8.50. The Bertz CT molecular complexity index is 323. The molecule has 0 N–H and O–H groups in total. The van der Waals surface area contributed by atoms with E-state index in [9.17, 15) is 18.0 Å². The molecule has 1 fully saturated rings. The van der Waals surface area contributed by atoms with Crippen molar-refractivity contribution in [2.24, 2.45) is 11.3 Å². The molecular formula is C14H24F3NO. The molecule has 1 saturated carbocycles. The molecule has 1 unspecified atom stereocenters. The third-order valence-electron chi connectivity index (χ3n) is 3.87. The van der Waals surface area contributed by atoms with Gasteiger partial charge in [0.05, 0.1) is 6.54 Å². The van der Waals surface area contributed by atoms with Crippen LogP contribution < -0.4 is 0 Å². The van der Waals surface area contributed by atoms with Crippen LogP contribution in [0.2, 0.25) is 0 Å². The van der Waals surface area contributed by atoms with E-state index in [1.165, 1.54) is 4.90 Å². The maximum absolute atomic E-state index is 12.5. The Hall–Kier alpha value is -0.580. The van der Waals surface area contributed by atoms with Crippen LogP contribution in [0.3, 0.4) is 0 Å². The largest absolute Gasteiger partial charge is 0.401 e. The van der Waals surface area contributed by atoms with Crippen molar-refractivity contribution in [1.82, 2.24) is 4.90 Å². The molecule has 1 aliphatic rings. The van der Waals surface area contributed by atoms with Crippen LogP contribution in [0, 0.1) is 11.3 Å². The van der Waals surface area contributed by atoms with Crippen LogP contribution >= 0.6 is 0 Å². The SMILES string of the molecule is CC(C)N(CC1CC(C)(C)CCC1=O)CC(F)(F)F. The van der Waals surface area contributed by atoms with Gasteiger partial charge >= 0.3 is 6.18 Å². The fraction of sp³-hybridized carbons (Fsp3) is 0.929. The summed E-state index contributed by atoms with van der Waals surface area (Å²) in [4.78, 5) is 13.3. The zero-order valence-corrected chi connectivity index (χ0v) is 12.2. The molecule has 2 nitrogen and oxygen atoms in total. The molecule has 0 aromatic heterocycles. The minimum atomic E-state index is -4.21. The molecule has 112 valence electrons. The van der Waals surface area contributed by atoms with Gasteiger partial charge in [-0.3, -0.25) is 9.69 Å². The van der Waals surface area contributed by atoms with Gasteiger partial charge in [-0.15, -0.1) is 0 Å². The molecule has 0 spiro atoms. The fourth-order valence-corrected chi connectivity index (χ4v) is 2.69. The van der Waals surface area contributed by atoms with Crippen molar-refractivity contribution in [3.8, 4) is 0 Å². The molecule has 0 heterocycles. The summed E-state index contributed by atoms with van der Waals surface area (Å²) in [6, 6.07) is -0.209. The zero-order chi connectivity index (χ0) is 14.8. The van der Waals surface area contributed by atoms with E-state index in [-0.39, 0.29) is 29.7 Å². The quantitative estimate of drug-likeness (QED) is 0.783. The lowest BCUT2D eigenvalue weighted by Crippen LogP contribution is -2.45. The summed E-state index contributed by atoms with van der Waals surface area (Å²) in [5.74, 6) is -0.138. The van der Waals surface area contributed by atoms with Crippen molar-refractivity contribution in [3.63, 3.8) is 0 Å². The fourth-order valence-electron chi connectivity index (χ4n) is 2.69. The van der Waals surface area contributed by atoms with Crippen molar-refractivity contribution >= 4 is 5.78 Å². The van der Waals surface area contributed by atoms with Gasteiger partial charge in [-0.2, -0.15) is 13.2 Å². The average molecular weight is 279 g/mol. The highest BCUT2D eigenvalue weighted by atomic mass is 19.4. The number of halogens is 3. The number of carbonyl (C=O) groups is 1. The van der Waals surface area contributed by atoms with Crippen LogP contribution in [0.25, 0.3) is 0 Å². The number of ketones is 1. The summed E-state index contributed by atoms with van der Waals surface area (Å²) in [6.45, 7) is 6.93. The second-order valence-corrected chi connectivity index (χ2v) is 6.67. The first kappa shape index (κ1) is 16.5. The van der Waals surface area contributed by atoms with E-state index in [2.05, 4.69) is 13.8 Å². The van der Waals surface area contributed by atoms with Crippen molar-refractivity contribution in [3.05, 3.63) is 0 Å². The molecular weight excluding hydrogens is 255 g/mol. The van der Waals surface area contributed by atoms with Crippen molar-refractivity contribution in [2.75, 3.05) is 13.1 Å². The van der Waals surface area contributed by atoms with Gasteiger partial charge in [0, 0.05) is 24.9 Å². The van der Waals surface area contributed by atoms with Crippen LogP contribution in [0.1, 0.15) is 47.0 Å². The lowest BCUT2D eigenvalue weighted by molar-refractivity contribution is -0.154. The van der Waals surface area contributed by atoms with Crippen LogP contribution in [-0.4, -0.2) is 36.0 Å². The summed E-state index contributed by atoms with van der Waals surface area (Å²) in [6.07, 6.45) is -2.19. The van der Waals surface area contributed by atoms with E-state index >= 15 is 0 Å². The number of hydrogen-bond donors (Lipinski definition) is 0. The first-order valence-corrected chi connectivity index (χ1v) is 6.84. The molecule has 0 aliphatic heterocycles. The average Bonchev–Trinajstić information content (AvgIpc) is 2.20. The smallest absolute Gasteiger partial charge is 0.299 e. The minimum absolute atomic E-state index is 0.0550. The Morgan fingerprint density at radius 1 is 1.37 bits per heavy atom. The van der Waals surface area contributed by atoms with Crippen molar-refractivity contribution in [1.29, 1.82) is 0 Å². The van der Waals surface area contributed by atoms with Gasteiger partial charge in [0.25, 0.3) is 0 Å². The van der Waals surface area contributed by atoms with Gasteiger partial charge in [0.1, 0.15) is 5.78 Å². The maximum atomic E-state index is 12.5. The third-order valence-corrected chi connectivity index (χ3v) is 3.87. The second-order valence-electron chi connectivity index (χ2n) is 6.67. The van der Waals surface area contributed by atoms with E-state index in [1.54, 1.807) is 13.8 Å². The molecule has 0 amide bonds. The van der Waals surface area contributed by atoms with E-state index in [4.69, 9.17) is 0 Å². The van der Waals surface area contributed by atoms with Crippen molar-refractivity contribution in [2.45, 2.75) is 59.2 Å². The number of hydrogen-bond acceptors (Lipinski definition) is 2. The normalized spacial score (nSPS) is 24.3. The molecule has 0 aromatic rings. The molecule has 0 saturated heterocycles. The summed E-state index contributed by atoms with van der Waals surface area (Å²) in [5, 5.41) is 0. The van der Waals surface area contributed by atoms with Crippen LogP contribution in [0.15, 0.2) is 0 Å². The standard InChI is InChI=1S/C14H24F3NO/c1-10(2)18(9-14(15,16)17)8-11-7-13(3,4)6-5-12(11)19/h10-11H,5-9H2,1-4H3. The topological polar surface area (TPSA) is 20.3 Å². The summed E-state index contributed by atoms with van der Waals surface area (Å²) in [7, 11) is 0. The third kappa shape index (κ3) is 5.51. The Labute approximate surface area is 113 Å². The molecule has 0 radical (unpaired) electrons. The van der Waals surface area contributed by atoms with Crippen molar-refractivity contribution < 1.29 is 18.0 Å². The molecule has 0 bridgehead atoms. The molecule has 1 aliphatic carbocycles. The van der Waals surface area contributed by atoms with Gasteiger partial charge in [-0.1, -0.05) is 13.8 Å². The summed E-state index contributed by atoms with van der Waals surface area (Å²) < 4.78 is 37.6. The molecule has 5 heteroatoms. The lowest BCUT2D eigenvalue weighted by Gasteiger charge is -2.38. The van der Waals surface area contributed by atoms with Gasteiger partial charge in [-0.25, -0.2) is 0 Å². The highest BCUT2D eigenvalue weighted by Crippen LogP contribution is 2.37. The van der Waals surface area contributed by atoms with Crippen LogP contribution in [0.5, 0.6) is 0 Å². The number of rotatable bonds is 4. The number of carbonyl (C=O) groups excluding carboxylic acids is 1. The summed E-state index contributed by atoms with van der Waals surface area (Å²) >= 11 is 0. The lowest BCUT2D eigenvalue weighted by atomic mass is 9.71. The van der Waals surface area contributed by atoms with Gasteiger partial charge in [0.15, 0.2) is 0 Å². The number of nitrogens with zero attached hydrogens (tertiary/aromatic N) is 1. The summed E-state index contributed by atoms with van der Waals surface area (Å²) in [5.41, 5.74) is 0.0550. The van der Waals surface area contributed by atoms with E-state index in [0.717, 1.165) is 6.42 Å². The van der Waals surface area contributed by atoms with E-state index < -0.39 is 12.7 Å². The predicted octanol–water partition coefficient (Wildman–Crippen LogP) is 3.65. The Morgan fingerprint density at radius 3 is 2.42 bits per heavy atom. The zero-order valence-electron chi connectivity index (χ0n) is 12.2. The highest BCUT2D eigenvalue weighted by molar-refractivity contribution is 5.82. The number of Topliss-reactive ketones (excluding diaryl/α,β-unsaturated/α-hetero) is 1. The molecule has 19 heavy (non-hydrogen) atoms. The maximum Gasteiger partial charge on any atom is 0.401 e. The van der Waals surface area contributed by atoms with E-state index in [1.807, 2.05) is 0 Å². The van der Waals surface area contributed by atoms with Crippen LogP contribution in [0.4, 0.5) is 13.2 Å². The first-order valence-electron chi connectivity index (χ1n) is 6.84. The minimum Gasteiger partial charge on any atom is -0.299 e. The molecule has 0 aromatic carbocycles.